The van der Waals surface area contributed by atoms with E-state index < -0.39 is 0 Å². The van der Waals surface area contributed by atoms with Crippen LogP contribution in [0, 0.1) is 11.7 Å². The van der Waals surface area contributed by atoms with Crippen molar-refractivity contribution in [2.75, 3.05) is 32.8 Å². The minimum atomic E-state index is -0.303. The number of carbonyl (C=O) groups excluding carboxylic acids is 2. The van der Waals surface area contributed by atoms with E-state index in [9.17, 15) is 14.0 Å². The maximum atomic E-state index is 13.2. The maximum Gasteiger partial charge on any atom is 0.409 e. The largest absolute Gasteiger partial charge is 0.449 e. The number of aryl methyl sites for hydroxylation is 1. The molecule has 1 aliphatic rings. The Hall–Kier alpha value is -2.11. The van der Waals surface area contributed by atoms with Gasteiger partial charge in [0.15, 0.2) is 0 Å². The van der Waals surface area contributed by atoms with Crippen LogP contribution in [0.5, 0.6) is 0 Å². The van der Waals surface area contributed by atoms with Crippen LogP contribution in [0.4, 0.5) is 9.18 Å². The van der Waals surface area contributed by atoms with Crippen molar-refractivity contribution >= 4 is 12.0 Å². The number of carbonyl (C=O) groups is 2. The molecular weight excluding hydrogens is 323 g/mol. The Balaban J connectivity index is 1.79. The molecule has 5 nitrogen and oxygen atoms in total. The molecule has 0 aliphatic carbocycles. The predicted molar refractivity (Wildman–Crippen MR) is 93.7 cm³/mol. The highest BCUT2D eigenvalue weighted by molar-refractivity contribution is 5.76. The Labute approximate surface area is 148 Å². The summed E-state index contributed by atoms with van der Waals surface area (Å²) < 4.78 is 18.4. The Morgan fingerprint density at radius 3 is 2.60 bits per heavy atom. The van der Waals surface area contributed by atoms with E-state index in [4.69, 9.17) is 4.74 Å². The van der Waals surface area contributed by atoms with Crippen LogP contribution >= 0.6 is 0 Å². The van der Waals surface area contributed by atoms with E-state index in [-0.39, 0.29) is 17.8 Å². The van der Waals surface area contributed by atoms with Gasteiger partial charge in [-0.05, 0) is 36.5 Å². The maximum absolute atomic E-state index is 13.2. The van der Waals surface area contributed by atoms with Gasteiger partial charge < -0.3 is 14.5 Å². The molecule has 1 saturated heterocycles. The minimum absolute atomic E-state index is 0.0432. The van der Waals surface area contributed by atoms with E-state index in [0.717, 1.165) is 12.0 Å². The second-order valence-electron chi connectivity index (χ2n) is 6.82. The molecule has 2 rings (SSSR count). The lowest BCUT2D eigenvalue weighted by molar-refractivity contribution is -0.131. The molecule has 0 unspecified atom stereocenters. The summed E-state index contributed by atoms with van der Waals surface area (Å²) in [5.41, 5.74) is 0.821. The summed E-state index contributed by atoms with van der Waals surface area (Å²) in [4.78, 5) is 27.9. The highest BCUT2D eigenvalue weighted by Crippen LogP contribution is 2.11. The van der Waals surface area contributed by atoms with E-state index >= 15 is 0 Å². The fourth-order valence-corrected chi connectivity index (χ4v) is 2.78. The molecule has 0 saturated carbocycles. The van der Waals surface area contributed by atoms with Crippen molar-refractivity contribution in [3.8, 4) is 0 Å². The second-order valence-corrected chi connectivity index (χ2v) is 6.82. The molecule has 6 heteroatoms. The van der Waals surface area contributed by atoms with Gasteiger partial charge in [-0.15, -0.1) is 0 Å². The number of ether oxygens (including phenoxy) is 1. The van der Waals surface area contributed by atoms with E-state index in [1.165, 1.54) is 12.1 Å². The summed E-state index contributed by atoms with van der Waals surface area (Å²) in [7, 11) is 0. The molecule has 0 N–H and O–H groups in total. The van der Waals surface area contributed by atoms with Crippen molar-refractivity contribution in [2.45, 2.75) is 33.1 Å². The summed E-state index contributed by atoms with van der Waals surface area (Å²) in [6, 6.07) is 6.34. The topological polar surface area (TPSA) is 49.9 Å². The first kappa shape index (κ1) is 19.2. The van der Waals surface area contributed by atoms with E-state index in [2.05, 4.69) is 0 Å². The molecule has 1 aromatic carbocycles. The molecule has 1 heterocycles. The van der Waals surface area contributed by atoms with Crippen LogP contribution in [-0.2, 0) is 16.0 Å². The molecule has 1 fully saturated rings. The van der Waals surface area contributed by atoms with E-state index in [1.54, 1.807) is 15.9 Å². The summed E-state index contributed by atoms with van der Waals surface area (Å²) in [6.07, 6.45) is 1.31. The average Bonchev–Trinajstić information content (AvgIpc) is 2.84. The number of amides is 2. The SMILES string of the molecule is CC(C)COC(=O)N1CCCN(C(=O)CCc2cccc(F)c2)CC1. The molecule has 1 aromatic rings. The molecule has 25 heavy (non-hydrogen) atoms. The van der Waals surface area contributed by atoms with Gasteiger partial charge in [0.2, 0.25) is 5.91 Å². The van der Waals surface area contributed by atoms with Gasteiger partial charge in [-0.3, -0.25) is 4.79 Å². The van der Waals surface area contributed by atoms with Crippen molar-refractivity contribution in [3.63, 3.8) is 0 Å². The Morgan fingerprint density at radius 1 is 1.16 bits per heavy atom. The molecular formula is C19H27FN2O3. The van der Waals surface area contributed by atoms with Crippen molar-refractivity contribution in [1.82, 2.24) is 9.80 Å². The van der Waals surface area contributed by atoms with Gasteiger partial charge >= 0.3 is 6.09 Å². The Kier molecular flexibility index (Phi) is 7.22. The van der Waals surface area contributed by atoms with Gasteiger partial charge in [0.25, 0.3) is 0 Å². The van der Waals surface area contributed by atoms with Crippen LogP contribution in [0.1, 0.15) is 32.3 Å². The molecule has 138 valence electrons. The smallest absolute Gasteiger partial charge is 0.409 e. The van der Waals surface area contributed by atoms with Gasteiger partial charge in [-0.2, -0.15) is 0 Å². The number of benzene rings is 1. The third-order valence-electron chi connectivity index (χ3n) is 4.16. The standard InChI is InChI=1S/C19H27FN2O3/c1-15(2)14-25-19(24)22-10-4-9-21(11-12-22)18(23)8-7-16-5-3-6-17(20)13-16/h3,5-6,13,15H,4,7-12,14H2,1-2H3. The lowest BCUT2D eigenvalue weighted by Crippen LogP contribution is -2.38. The van der Waals surface area contributed by atoms with Crippen molar-refractivity contribution in [2.24, 2.45) is 5.92 Å². The van der Waals surface area contributed by atoms with Gasteiger partial charge in [-0.1, -0.05) is 26.0 Å². The monoisotopic (exact) mass is 350 g/mol. The zero-order valence-electron chi connectivity index (χ0n) is 15.0. The van der Waals surface area contributed by atoms with Crippen molar-refractivity contribution < 1.29 is 18.7 Å². The summed E-state index contributed by atoms with van der Waals surface area (Å²) in [5, 5.41) is 0. The fourth-order valence-electron chi connectivity index (χ4n) is 2.78. The van der Waals surface area contributed by atoms with E-state index in [1.807, 2.05) is 19.9 Å². The Bertz CT molecular complexity index is 592. The zero-order valence-corrected chi connectivity index (χ0v) is 15.0. The number of rotatable bonds is 5. The number of hydrogen-bond donors (Lipinski definition) is 0. The van der Waals surface area contributed by atoms with Crippen molar-refractivity contribution in [3.05, 3.63) is 35.6 Å². The number of hydrogen-bond acceptors (Lipinski definition) is 3. The quantitative estimate of drug-likeness (QED) is 0.820. The van der Waals surface area contributed by atoms with Crippen LogP contribution in [0.25, 0.3) is 0 Å². The van der Waals surface area contributed by atoms with Crippen LogP contribution in [0.2, 0.25) is 0 Å². The first-order chi connectivity index (χ1) is 12.0. The lowest BCUT2D eigenvalue weighted by Gasteiger charge is -2.22. The normalized spacial score (nSPS) is 15.2. The van der Waals surface area contributed by atoms with Crippen LogP contribution in [0.3, 0.4) is 0 Å². The molecule has 2 amide bonds. The van der Waals surface area contributed by atoms with Crippen LogP contribution in [-0.4, -0.2) is 54.6 Å². The molecule has 0 atom stereocenters. The summed E-state index contributed by atoms with van der Waals surface area (Å²) >= 11 is 0. The minimum Gasteiger partial charge on any atom is -0.449 e. The Morgan fingerprint density at radius 2 is 1.88 bits per heavy atom. The summed E-state index contributed by atoms with van der Waals surface area (Å²) in [6.45, 7) is 6.64. The van der Waals surface area contributed by atoms with Crippen LogP contribution < -0.4 is 0 Å². The van der Waals surface area contributed by atoms with Gasteiger partial charge in [-0.25, -0.2) is 9.18 Å². The molecule has 0 spiro atoms. The number of nitrogens with zero attached hydrogens (tertiary/aromatic N) is 2. The highest BCUT2D eigenvalue weighted by Gasteiger charge is 2.22. The van der Waals surface area contributed by atoms with Gasteiger partial charge in [0, 0.05) is 32.6 Å². The highest BCUT2D eigenvalue weighted by atomic mass is 19.1. The van der Waals surface area contributed by atoms with Crippen molar-refractivity contribution in [1.29, 1.82) is 0 Å². The predicted octanol–water partition coefficient (Wildman–Crippen LogP) is 3.09. The first-order valence-corrected chi connectivity index (χ1v) is 8.89. The number of halogens is 1. The second kappa shape index (κ2) is 9.39. The fraction of sp³-hybridized carbons (Fsp3) is 0.579. The molecule has 0 radical (unpaired) electrons. The van der Waals surface area contributed by atoms with Gasteiger partial charge in [0.05, 0.1) is 6.61 Å². The molecule has 1 aliphatic heterocycles. The third-order valence-corrected chi connectivity index (χ3v) is 4.16. The lowest BCUT2D eigenvalue weighted by atomic mass is 10.1. The first-order valence-electron chi connectivity index (χ1n) is 8.89. The molecule has 0 aromatic heterocycles. The van der Waals surface area contributed by atoms with Gasteiger partial charge in [0.1, 0.15) is 5.82 Å². The third kappa shape index (κ3) is 6.36. The van der Waals surface area contributed by atoms with E-state index in [0.29, 0.717) is 51.5 Å². The summed E-state index contributed by atoms with van der Waals surface area (Å²) in [5.74, 6) is 0.0637. The van der Waals surface area contributed by atoms with Crippen LogP contribution in [0.15, 0.2) is 24.3 Å². The average molecular weight is 350 g/mol. The molecule has 0 bridgehead atoms. The zero-order chi connectivity index (χ0) is 18.2.